The molecule has 3 aliphatic heterocycles. The number of aromatic nitrogens is 2. The van der Waals surface area contributed by atoms with Crippen LogP contribution in [-0.2, 0) is 49.0 Å². The Balaban J connectivity index is 0.973. The summed E-state index contributed by atoms with van der Waals surface area (Å²) in [6.45, 7) is 11.2. The molecule has 0 saturated carbocycles. The van der Waals surface area contributed by atoms with Crippen molar-refractivity contribution >= 4 is 34.8 Å². The van der Waals surface area contributed by atoms with Crippen LogP contribution in [0.1, 0.15) is 128 Å². The standard InChI is InChI=1S/C43H56N4O9/c1-6-29-30-24-28(18-19-34(30)44-38-31(29)26-47-35(38)25-33-32(39(47)50)27-54-40(51)43(33,53)7-2)55-41(52)46-22-20-45(21-23-46)36(48)16-14-12-10-8-9-11-13-15-17-37(49)56-42(3,4)5/h18-19,24-25,53H,6-17,20-23,26-27H2,1-5H3/t43-/m0/s1. The molecule has 3 aliphatic rings. The highest BCUT2D eigenvalue weighted by Crippen LogP contribution is 2.41. The first-order chi connectivity index (χ1) is 26.7. The number of amides is 2. The van der Waals surface area contributed by atoms with Gasteiger partial charge < -0.3 is 33.7 Å². The lowest BCUT2D eigenvalue weighted by molar-refractivity contribution is -0.172. The monoisotopic (exact) mass is 772 g/mol. The smallest absolute Gasteiger partial charge is 0.415 e. The summed E-state index contributed by atoms with van der Waals surface area (Å²) in [5, 5.41) is 12.0. The number of hydrogen-bond acceptors (Lipinski definition) is 10. The first-order valence-corrected chi connectivity index (χ1v) is 20.3. The van der Waals surface area contributed by atoms with Gasteiger partial charge in [-0.25, -0.2) is 14.6 Å². The molecule has 1 aromatic carbocycles. The van der Waals surface area contributed by atoms with Gasteiger partial charge in [0.05, 0.1) is 29.0 Å². The van der Waals surface area contributed by atoms with Crippen molar-refractivity contribution in [2.75, 3.05) is 26.2 Å². The van der Waals surface area contributed by atoms with E-state index in [1.54, 1.807) is 34.6 Å². The average molecular weight is 773 g/mol. The molecule has 0 spiro atoms. The number of carbonyl (C=O) groups is 4. The van der Waals surface area contributed by atoms with Gasteiger partial charge in [-0.2, -0.15) is 0 Å². The maximum Gasteiger partial charge on any atom is 0.415 e. The van der Waals surface area contributed by atoms with Crippen molar-refractivity contribution in [1.29, 1.82) is 0 Å². The van der Waals surface area contributed by atoms with Gasteiger partial charge in [0, 0.05) is 55.5 Å². The Morgan fingerprint density at radius 1 is 0.875 bits per heavy atom. The quantitative estimate of drug-likeness (QED) is 0.110. The third kappa shape index (κ3) is 8.77. The zero-order valence-electron chi connectivity index (χ0n) is 33.5. The molecule has 1 fully saturated rings. The van der Waals surface area contributed by atoms with Gasteiger partial charge in [0.25, 0.3) is 5.56 Å². The van der Waals surface area contributed by atoms with E-state index in [9.17, 15) is 29.1 Å². The lowest BCUT2D eigenvalue weighted by Crippen LogP contribution is -2.51. The summed E-state index contributed by atoms with van der Waals surface area (Å²) < 4.78 is 18.0. The van der Waals surface area contributed by atoms with E-state index in [0.717, 1.165) is 67.9 Å². The Hall–Kier alpha value is -4.78. The molecule has 2 aromatic heterocycles. The largest absolute Gasteiger partial charge is 0.460 e. The fourth-order valence-electron chi connectivity index (χ4n) is 8.07. The van der Waals surface area contributed by atoms with Crippen molar-refractivity contribution in [3.8, 4) is 17.1 Å². The number of rotatable bonds is 14. The number of esters is 2. The summed E-state index contributed by atoms with van der Waals surface area (Å²) in [5.74, 6) is -0.389. The molecule has 1 saturated heterocycles. The van der Waals surface area contributed by atoms with E-state index in [0.29, 0.717) is 68.1 Å². The van der Waals surface area contributed by atoms with Crippen molar-refractivity contribution in [3.63, 3.8) is 0 Å². The molecule has 302 valence electrons. The Morgan fingerprint density at radius 3 is 2.16 bits per heavy atom. The van der Waals surface area contributed by atoms with Crippen LogP contribution in [0.2, 0.25) is 0 Å². The third-order valence-electron chi connectivity index (χ3n) is 11.2. The van der Waals surface area contributed by atoms with Crippen LogP contribution in [0, 0.1) is 0 Å². The van der Waals surface area contributed by atoms with E-state index < -0.39 is 23.3 Å². The van der Waals surface area contributed by atoms with Crippen LogP contribution in [0.25, 0.3) is 22.3 Å². The second kappa shape index (κ2) is 17.2. The van der Waals surface area contributed by atoms with Crippen LogP contribution in [0.5, 0.6) is 5.75 Å². The maximum atomic E-state index is 13.7. The average Bonchev–Trinajstić information content (AvgIpc) is 3.53. The zero-order chi connectivity index (χ0) is 40.2. The fourth-order valence-corrected chi connectivity index (χ4v) is 8.07. The summed E-state index contributed by atoms with van der Waals surface area (Å²) in [7, 11) is 0. The van der Waals surface area contributed by atoms with Crippen molar-refractivity contribution in [2.24, 2.45) is 0 Å². The fraction of sp³-hybridized carbons (Fsp3) is 0.581. The number of fused-ring (bicyclic) bond motifs is 5. The lowest BCUT2D eigenvalue weighted by Gasteiger charge is -2.34. The number of aliphatic hydroxyl groups is 1. The molecule has 13 heteroatoms. The molecule has 3 aromatic rings. The summed E-state index contributed by atoms with van der Waals surface area (Å²) in [6, 6.07) is 7.01. The highest BCUT2D eigenvalue weighted by molar-refractivity contribution is 5.90. The van der Waals surface area contributed by atoms with Gasteiger partial charge in [0.2, 0.25) is 5.91 Å². The van der Waals surface area contributed by atoms with Gasteiger partial charge in [-0.05, 0) is 76.3 Å². The number of nitrogens with zero attached hydrogens (tertiary/aromatic N) is 4. The topological polar surface area (TPSA) is 158 Å². The zero-order valence-corrected chi connectivity index (χ0v) is 33.5. The Kier molecular flexibility index (Phi) is 12.5. The SMILES string of the molecule is CCc1c2c(nc3ccc(OC(=O)N4CCN(C(=O)CCCCCCCCCCC(=O)OC(C)(C)C)CC4)cc13)-c1cc3c(c(=O)n1C2)COC(=O)[C@]3(O)CC. The molecular weight excluding hydrogens is 716 g/mol. The molecular formula is C43H56N4O9. The number of benzene rings is 1. The molecule has 0 bridgehead atoms. The number of aryl methyl sites for hydroxylation is 1. The molecule has 1 atom stereocenters. The summed E-state index contributed by atoms with van der Waals surface area (Å²) >= 11 is 0. The van der Waals surface area contributed by atoms with Crippen molar-refractivity contribution < 1.29 is 38.5 Å². The summed E-state index contributed by atoms with van der Waals surface area (Å²) in [5.41, 5.74) is 1.60. The maximum absolute atomic E-state index is 13.7. The molecule has 56 heavy (non-hydrogen) atoms. The normalized spacial score (nSPS) is 17.6. The van der Waals surface area contributed by atoms with Crippen LogP contribution < -0.4 is 10.3 Å². The minimum atomic E-state index is -1.90. The second-order valence-electron chi connectivity index (χ2n) is 16.2. The Morgan fingerprint density at radius 2 is 1.52 bits per heavy atom. The number of cyclic esters (lactones) is 1. The van der Waals surface area contributed by atoms with Crippen molar-refractivity contribution in [3.05, 3.63) is 56.9 Å². The highest BCUT2D eigenvalue weighted by atomic mass is 16.6. The number of carbonyl (C=O) groups excluding carboxylic acids is 4. The Bertz CT molecular complexity index is 2040. The molecule has 0 radical (unpaired) electrons. The van der Waals surface area contributed by atoms with Crippen LogP contribution >= 0.6 is 0 Å². The highest BCUT2D eigenvalue weighted by Gasteiger charge is 2.45. The molecule has 1 N–H and O–H groups in total. The van der Waals surface area contributed by atoms with Gasteiger partial charge >= 0.3 is 18.0 Å². The van der Waals surface area contributed by atoms with Crippen molar-refractivity contribution in [1.82, 2.24) is 19.4 Å². The van der Waals surface area contributed by atoms with Crippen LogP contribution in [0.15, 0.2) is 29.1 Å². The molecule has 2 amide bonds. The third-order valence-corrected chi connectivity index (χ3v) is 11.2. The number of pyridine rings is 2. The number of unbranched alkanes of at least 4 members (excludes halogenated alkanes) is 7. The Labute approximate surface area is 328 Å². The van der Waals surface area contributed by atoms with Crippen LogP contribution in [-0.4, -0.2) is 80.2 Å². The predicted molar refractivity (Wildman–Crippen MR) is 210 cm³/mol. The van der Waals surface area contributed by atoms with E-state index in [2.05, 4.69) is 0 Å². The predicted octanol–water partition coefficient (Wildman–Crippen LogP) is 6.53. The van der Waals surface area contributed by atoms with Gasteiger partial charge in [0.1, 0.15) is 18.0 Å². The minimum absolute atomic E-state index is 0.0689. The van der Waals surface area contributed by atoms with Gasteiger partial charge in [-0.15, -0.1) is 0 Å². The van der Waals surface area contributed by atoms with Crippen molar-refractivity contribution in [2.45, 2.75) is 136 Å². The number of piperazine rings is 1. The molecule has 5 heterocycles. The summed E-state index contributed by atoms with van der Waals surface area (Å²) in [6.07, 6.45) is 9.39. The minimum Gasteiger partial charge on any atom is -0.460 e. The summed E-state index contributed by atoms with van der Waals surface area (Å²) in [4.78, 5) is 72.5. The van der Waals surface area contributed by atoms with Crippen LogP contribution in [0.3, 0.4) is 0 Å². The number of ether oxygens (including phenoxy) is 3. The molecule has 13 nitrogen and oxygen atoms in total. The van der Waals surface area contributed by atoms with E-state index in [4.69, 9.17) is 19.2 Å². The first-order valence-electron chi connectivity index (χ1n) is 20.3. The van der Waals surface area contributed by atoms with Gasteiger partial charge in [-0.3, -0.25) is 14.4 Å². The molecule has 0 unspecified atom stereocenters. The van der Waals surface area contributed by atoms with Gasteiger partial charge in [-0.1, -0.05) is 52.4 Å². The first kappa shape index (κ1) is 40.9. The molecule has 0 aliphatic carbocycles. The van der Waals surface area contributed by atoms with E-state index in [1.807, 2.05) is 38.7 Å². The van der Waals surface area contributed by atoms with Crippen LogP contribution in [0.4, 0.5) is 4.79 Å². The second-order valence-corrected chi connectivity index (χ2v) is 16.2. The number of hydrogen-bond donors (Lipinski definition) is 1. The van der Waals surface area contributed by atoms with E-state index in [1.165, 1.54) is 0 Å². The van der Waals surface area contributed by atoms with E-state index >= 15 is 0 Å². The lowest BCUT2D eigenvalue weighted by atomic mass is 9.86. The molecule has 6 rings (SSSR count). The van der Waals surface area contributed by atoms with Gasteiger partial charge in [0.15, 0.2) is 5.60 Å². The van der Waals surface area contributed by atoms with E-state index in [-0.39, 0.29) is 48.1 Å².